The highest BCUT2D eigenvalue weighted by molar-refractivity contribution is 7.89. The maximum absolute atomic E-state index is 12.2. The van der Waals surface area contributed by atoms with E-state index >= 15 is 0 Å². The van der Waals surface area contributed by atoms with Gasteiger partial charge in [-0.3, -0.25) is 4.84 Å². The molecule has 1 saturated heterocycles. The molecule has 0 amide bonds. The summed E-state index contributed by atoms with van der Waals surface area (Å²) in [5.74, 6) is 0.994. The monoisotopic (exact) mass is 342 g/mol. The van der Waals surface area contributed by atoms with E-state index < -0.39 is 10.0 Å². The van der Waals surface area contributed by atoms with E-state index in [4.69, 9.17) is 14.3 Å². The van der Waals surface area contributed by atoms with E-state index in [0.29, 0.717) is 31.3 Å². The molecule has 1 fully saturated rings. The normalized spacial score (nSPS) is 18.8. The summed E-state index contributed by atoms with van der Waals surface area (Å²) in [6, 6.07) is 4.52. The van der Waals surface area contributed by atoms with Crippen LogP contribution < -0.4 is 14.4 Å². The highest BCUT2D eigenvalue weighted by Crippen LogP contribution is 2.32. The summed E-state index contributed by atoms with van der Waals surface area (Å²) in [7, 11) is -3.72. The second kappa shape index (κ2) is 7.48. The average Bonchev–Trinajstić information content (AvgIpc) is 2.59. The molecule has 0 unspecified atom stereocenters. The minimum atomic E-state index is -3.72. The van der Waals surface area contributed by atoms with Gasteiger partial charge in [0, 0.05) is 12.6 Å². The van der Waals surface area contributed by atoms with Gasteiger partial charge < -0.3 is 14.4 Å². The van der Waals surface area contributed by atoms with Crippen molar-refractivity contribution < 1.29 is 22.7 Å². The highest BCUT2D eigenvalue weighted by atomic mass is 32.2. The van der Waals surface area contributed by atoms with Crippen LogP contribution in [0, 0.1) is 0 Å². The van der Waals surface area contributed by atoms with E-state index in [1.54, 1.807) is 6.07 Å². The minimum Gasteiger partial charge on any atom is -0.486 e. The zero-order valence-corrected chi connectivity index (χ0v) is 13.8. The molecule has 2 aliphatic heterocycles. The first kappa shape index (κ1) is 16.5. The van der Waals surface area contributed by atoms with Gasteiger partial charge in [0.1, 0.15) is 13.2 Å². The predicted molar refractivity (Wildman–Crippen MR) is 84.0 cm³/mol. The van der Waals surface area contributed by atoms with Crippen LogP contribution in [0.5, 0.6) is 11.5 Å². The minimum absolute atomic E-state index is 0.0970. The molecule has 8 heteroatoms. The third kappa shape index (κ3) is 4.35. The van der Waals surface area contributed by atoms with E-state index in [0.717, 1.165) is 19.6 Å². The van der Waals surface area contributed by atoms with Gasteiger partial charge in [0.05, 0.1) is 11.5 Å². The number of piperidine rings is 1. The SMILES string of the molecule is O=S(=O)(NOCCN1CCCCC1)c1ccc2c(c1)OCCO2. The van der Waals surface area contributed by atoms with Crippen LogP contribution in [-0.4, -0.2) is 52.8 Å². The van der Waals surface area contributed by atoms with E-state index in [1.807, 2.05) is 0 Å². The van der Waals surface area contributed by atoms with Gasteiger partial charge in [-0.15, -0.1) is 0 Å². The van der Waals surface area contributed by atoms with Gasteiger partial charge in [0.15, 0.2) is 11.5 Å². The third-order valence-corrected chi connectivity index (χ3v) is 5.16. The van der Waals surface area contributed by atoms with Gasteiger partial charge in [0.2, 0.25) is 0 Å². The molecule has 128 valence electrons. The maximum atomic E-state index is 12.2. The van der Waals surface area contributed by atoms with Gasteiger partial charge in [-0.1, -0.05) is 11.3 Å². The van der Waals surface area contributed by atoms with Gasteiger partial charge in [0.25, 0.3) is 10.0 Å². The fraction of sp³-hybridized carbons (Fsp3) is 0.600. The molecule has 0 saturated carbocycles. The molecule has 1 N–H and O–H groups in total. The number of rotatable bonds is 6. The average molecular weight is 342 g/mol. The number of fused-ring (bicyclic) bond motifs is 1. The molecule has 0 spiro atoms. The molecule has 0 aliphatic carbocycles. The summed E-state index contributed by atoms with van der Waals surface area (Å²) >= 11 is 0. The summed E-state index contributed by atoms with van der Waals surface area (Å²) < 4.78 is 35.2. The molecule has 0 bridgehead atoms. The summed E-state index contributed by atoms with van der Waals surface area (Å²) in [6.45, 7) is 4.04. The maximum Gasteiger partial charge on any atom is 0.262 e. The van der Waals surface area contributed by atoms with Crippen molar-refractivity contribution in [2.24, 2.45) is 0 Å². The van der Waals surface area contributed by atoms with E-state index in [-0.39, 0.29) is 4.90 Å². The Morgan fingerprint density at radius 2 is 1.83 bits per heavy atom. The van der Waals surface area contributed by atoms with Crippen molar-refractivity contribution in [3.05, 3.63) is 18.2 Å². The Labute approximate surface area is 136 Å². The number of ether oxygens (including phenoxy) is 2. The second-order valence-corrected chi connectivity index (χ2v) is 7.29. The quantitative estimate of drug-likeness (QED) is 0.617. The molecule has 0 radical (unpaired) electrons. The molecule has 23 heavy (non-hydrogen) atoms. The smallest absolute Gasteiger partial charge is 0.262 e. The molecule has 3 rings (SSSR count). The molecule has 2 heterocycles. The third-order valence-electron chi connectivity index (χ3n) is 3.95. The number of nitrogens with one attached hydrogen (secondary N) is 1. The standard InChI is InChI=1S/C15H22N2O5S/c18-23(19,16-22-9-8-17-6-2-1-3-7-17)13-4-5-14-15(12-13)21-11-10-20-14/h4-5,12,16H,1-3,6-11H2. The summed E-state index contributed by atoms with van der Waals surface area (Å²) in [5.41, 5.74) is 0. The number of benzene rings is 1. The van der Waals surface area contributed by atoms with Crippen molar-refractivity contribution in [2.75, 3.05) is 39.5 Å². The summed E-state index contributed by atoms with van der Waals surface area (Å²) in [5, 5.41) is 0. The van der Waals surface area contributed by atoms with Crippen molar-refractivity contribution >= 4 is 10.0 Å². The molecule has 0 aromatic heterocycles. The fourth-order valence-electron chi connectivity index (χ4n) is 2.72. The molecule has 0 atom stereocenters. The van der Waals surface area contributed by atoms with Crippen molar-refractivity contribution in [2.45, 2.75) is 24.2 Å². The number of likely N-dealkylation sites (tertiary alicyclic amines) is 1. The van der Waals surface area contributed by atoms with Crippen LogP contribution in [0.2, 0.25) is 0 Å². The Morgan fingerprint density at radius 3 is 2.61 bits per heavy atom. The van der Waals surface area contributed by atoms with Gasteiger partial charge in [-0.25, -0.2) is 8.42 Å². The number of hydrogen-bond donors (Lipinski definition) is 1. The van der Waals surface area contributed by atoms with Crippen molar-refractivity contribution in [3.63, 3.8) is 0 Å². The van der Waals surface area contributed by atoms with Crippen LogP contribution >= 0.6 is 0 Å². The Bertz CT molecular complexity index is 629. The predicted octanol–water partition coefficient (Wildman–Crippen LogP) is 1.15. The van der Waals surface area contributed by atoms with Crippen LogP contribution in [0.25, 0.3) is 0 Å². The largest absolute Gasteiger partial charge is 0.486 e. The van der Waals surface area contributed by atoms with Crippen LogP contribution in [0.1, 0.15) is 19.3 Å². The zero-order chi connectivity index (χ0) is 16.1. The first-order valence-corrected chi connectivity index (χ1v) is 9.39. The molecule has 1 aromatic carbocycles. The molecule has 7 nitrogen and oxygen atoms in total. The lowest BCUT2D eigenvalue weighted by molar-refractivity contribution is 0.0656. The molecular weight excluding hydrogens is 320 g/mol. The van der Waals surface area contributed by atoms with Crippen molar-refractivity contribution in [1.82, 2.24) is 9.79 Å². The van der Waals surface area contributed by atoms with E-state index in [2.05, 4.69) is 9.79 Å². The lowest BCUT2D eigenvalue weighted by Crippen LogP contribution is -2.35. The van der Waals surface area contributed by atoms with Crippen molar-refractivity contribution in [3.8, 4) is 11.5 Å². The lowest BCUT2D eigenvalue weighted by Gasteiger charge is -2.25. The number of sulfonamides is 1. The fourth-order valence-corrected chi connectivity index (χ4v) is 3.56. The topological polar surface area (TPSA) is 77.1 Å². The first-order chi connectivity index (χ1) is 11.1. The lowest BCUT2D eigenvalue weighted by atomic mass is 10.1. The summed E-state index contributed by atoms with van der Waals surface area (Å²) in [6.07, 6.45) is 3.67. The van der Waals surface area contributed by atoms with Crippen LogP contribution in [-0.2, 0) is 14.9 Å². The highest BCUT2D eigenvalue weighted by Gasteiger charge is 2.19. The van der Waals surface area contributed by atoms with Crippen molar-refractivity contribution in [1.29, 1.82) is 0 Å². The van der Waals surface area contributed by atoms with Gasteiger partial charge >= 0.3 is 0 Å². The molecule has 1 aromatic rings. The zero-order valence-electron chi connectivity index (χ0n) is 13.0. The Balaban J connectivity index is 1.52. The van der Waals surface area contributed by atoms with E-state index in [9.17, 15) is 8.42 Å². The second-order valence-electron chi connectivity index (χ2n) is 5.64. The first-order valence-electron chi connectivity index (χ1n) is 7.91. The molecular formula is C15H22N2O5S. The number of hydrogen-bond acceptors (Lipinski definition) is 6. The Kier molecular flexibility index (Phi) is 5.37. The van der Waals surface area contributed by atoms with Crippen LogP contribution in [0.3, 0.4) is 0 Å². The van der Waals surface area contributed by atoms with E-state index in [1.165, 1.54) is 31.4 Å². The summed E-state index contributed by atoms with van der Waals surface area (Å²) in [4.78, 5) is 9.70. The van der Waals surface area contributed by atoms with Crippen LogP contribution in [0.15, 0.2) is 23.1 Å². The van der Waals surface area contributed by atoms with Gasteiger partial charge in [-0.2, -0.15) is 0 Å². The molecule has 2 aliphatic rings. The van der Waals surface area contributed by atoms with Crippen LogP contribution in [0.4, 0.5) is 0 Å². The van der Waals surface area contributed by atoms with Gasteiger partial charge in [-0.05, 0) is 38.1 Å². The Morgan fingerprint density at radius 1 is 1.09 bits per heavy atom. The number of nitrogens with zero attached hydrogens (tertiary/aromatic N) is 1. The Hall–Kier alpha value is -1.35.